The first-order valence-electron chi connectivity index (χ1n) is 7.45. The van der Waals surface area contributed by atoms with Gasteiger partial charge in [-0.1, -0.05) is 0 Å². The van der Waals surface area contributed by atoms with E-state index in [1.165, 1.54) is 18.6 Å². The molecule has 1 aromatic heterocycles. The minimum absolute atomic E-state index is 0.0264. The zero-order valence-corrected chi connectivity index (χ0v) is 13.1. The van der Waals surface area contributed by atoms with Crippen LogP contribution in [0.3, 0.4) is 0 Å². The van der Waals surface area contributed by atoms with Crippen LogP contribution in [0.25, 0.3) is 0 Å². The second-order valence-corrected chi connectivity index (χ2v) is 7.65. The summed E-state index contributed by atoms with van der Waals surface area (Å²) in [5.74, 6) is 0. The molecule has 0 bridgehead atoms. The van der Waals surface area contributed by atoms with Crippen LogP contribution in [0.4, 0.5) is 0 Å². The standard InChI is InChI=1S/C14H22N2O4S/c1-12-10-15(13-2-7-19-8-3-13)5-6-16(12)21(17,18)14-4-9-20-11-14/h4,9,11-13H,2-3,5-8,10H2,1H3/t12-/m0/s1. The van der Waals surface area contributed by atoms with Gasteiger partial charge in [0.05, 0.1) is 6.26 Å². The number of ether oxygens (including phenoxy) is 1. The van der Waals surface area contributed by atoms with Crippen molar-refractivity contribution >= 4 is 10.0 Å². The lowest BCUT2D eigenvalue weighted by molar-refractivity contribution is 0.0137. The van der Waals surface area contributed by atoms with Crippen molar-refractivity contribution in [3.05, 3.63) is 18.6 Å². The van der Waals surface area contributed by atoms with E-state index in [1.54, 1.807) is 4.31 Å². The average molecular weight is 314 g/mol. The van der Waals surface area contributed by atoms with Gasteiger partial charge in [0.25, 0.3) is 0 Å². The first-order chi connectivity index (χ1) is 10.1. The lowest BCUT2D eigenvalue weighted by atomic mass is 10.1. The van der Waals surface area contributed by atoms with E-state index < -0.39 is 10.0 Å². The molecule has 2 aliphatic heterocycles. The van der Waals surface area contributed by atoms with Gasteiger partial charge in [-0.15, -0.1) is 0 Å². The fourth-order valence-corrected chi connectivity index (χ4v) is 4.78. The van der Waals surface area contributed by atoms with Crippen molar-refractivity contribution in [2.45, 2.75) is 36.7 Å². The number of rotatable bonds is 3. The van der Waals surface area contributed by atoms with Crippen molar-refractivity contribution in [3.8, 4) is 0 Å². The third kappa shape index (κ3) is 3.01. The lowest BCUT2D eigenvalue weighted by Gasteiger charge is -2.43. The minimum atomic E-state index is -3.43. The van der Waals surface area contributed by atoms with Gasteiger partial charge in [-0.25, -0.2) is 8.42 Å². The quantitative estimate of drug-likeness (QED) is 0.837. The number of hydrogen-bond acceptors (Lipinski definition) is 5. The second kappa shape index (κ2) is 6.08. The topological polar surface area (TPSA) is 63.0 Å². The Hall–Kier alpha value is -0.890. The molecule has 6 nitrogen and oxygen atoms in total. The largest absolute Gasteiger partial charge is 0.471 e. The molecule has 0 aromatic carbocycles. The Bertz CT molecular complexity index is 552. The van der Waals surface area contributed by atoms with Gasteiger partial charge in [-0.05, 0) is 25.8 Å². The van der Waals surface area contributed by atoms with Crippen LogP contribution in [0.5, 0.6) is 0 Å². The SMILES string of the molecule is C[C@H]1CN(C2CCOCC2)CCN1S(=O)(=O)c1ccoc1. The van der Waals surface area contributed by atoms with Crippen LogP contribution in [-0.4, -0.2) is 62.6 Å². The maximum Gasteiger partial charge on any atom is 0.246 e. The molecule has 2 fully saturated rings. The van der Waals surface area contributed by atoms with E-state index in [9.17, 15) is 8.42 Å². The van der Waals surface area contributed by atoms with E-state index in [0.29, 0.717) is 12.6 Å². The van der Waals surface area contributed by atoms with Crippen LogP contribution in [-0.2, 0) is 14.8 Å². The third-order valence-electron chi connectivity index (χ3n) is 4.41. The summed E-state index contributed by atoms with van der Waals surface area (Å²) in [6, 6.07) is 2.01. The van der Waals surface area contributed by atoms with Crippen molar-refractivity contribution in [1.82, 2.24) is 9.21 Å². The van der Waals surface area contributed by atoms with Gasteiger partial charge in [0.2, 0.25) is 10.0 Å². The van der Waals surface area contributed by atoms with Gasteiger partial charge in [0, 0.05) is 44.9 Å². The average Bonchev–Trinajstić information content (AvgIpc) is 3.03. The molecule has 2 aliphatic rings. The van der Waals surface area contributed by atoms with Crippen LogP contribution in [0, 0.1) is 0 Å². The molecule has 21 heavy (non-hydrogen) atoms. The van der Waals surface area contributed by atoms with Gasteiger partial charge in [0.1, 0.15) is 11.2 Å². The Morgan fingerprint density at radius 3 is 2.62 bits per heavy atom. The summed E-state index contributed by atoms with van der Waals surface area (Å²) in [6.07, 6.45) is 4.78. The Labute approximate surface area is 125 Å². The molecule has 3 heterocycles. The molecule has 0 unspecified atom stereocenters. The monoisotopic (exact) mass is 314 g/mol. The highest BCUT2D eigenvalue weighted by molar-refractivity contribution is 7.89. The highest BCUT2D eigenvalue weighted by atomic mass is 32.2. The second-order valence-electron chi connectivity index (χ2n) is 5.76. The van der Waals surface area contributed by atoms with Gasteiger partial charge in [0.15, 0.2) is 0 Å². The Balaban J connectivity index is 1.68. The van der Waals surface area contributed by atoms with Crippen molar-refractivity contribution in [2.24, 2.45) is 0 Å². The number of sulfonamides is 1. The Kier molecular flexibility index (Phi) is 4.35. The highest BCUT2D eigenvalue weighted by Gasteiger charge is 2.36. The fraction of sp³-hybridized carbons (Fsp3) is 0.714. The zero-order valence-electron chi connectivity index (χ0n) is 12.3. The molecule has 0 amide bonds. The Morgan fingerprint density at radius 1 is 1.24 bits per heavy atom. The number of nitrogens with zero attached hydrogens (tertiary/aromatic N) is 2. The minimum Gasteiger partial charge on any atom is -0.471 e. The van der Waals surface area contributed by atoms with Gasteiger partial charge in [-0.2, -0.15) is 4.31 Å². The number of furan rings is 1. The maximum atomic E-state index is 12.6. The number of hydrogen-bond donors (Lipinski definition) is 0. The maximum absolute atomic E-state index is 12.6. The first kappa shape index (κ1) is 15.0. The summed E-state index contributed by atoms with van der Waals surface area (Å²) in [5.41, 5.74) is 0. The molecule has 1 aromatic rings. The molecule has 0 saturated carbocycles. The zero-order chi connectivity index (χ0) is 14.9. The van der Waals surface area contributed by atoms with Crippen molar-refractivity contribution in [2.75, 3.05) is 32.8 Å². The molecular formula is C14H22N2O4S. The van der Waals surface area contributed by atoms with Crippen molar-refractivity contribution in [1.29, 1.82) is 0 Å². The van der Waals surface area contributed by atoms with Crippen molar-refractivity contribution in [3.63, 3.8) is 0 Å². The van der Waals surface area contributed by atoms with Crippen LogP contribution in [0.15, 0.2) is 27.9 Å². The normalized spacial score (nSPS) is 27.0. The molecule has 0 spiro atoms. The van der Waals surface area contributed by atoms with E-state index in [2.05, 4.69) is 4.90 Å². The first-order valence-corrected chi connectivity index (χ1v) is 8.89. The van der Waals surface area contributed by atoms with Crippen LogP contribution >= 0.6 is 0 Å². The lowest BCUT2D eigenvalue weighted by Crippen LogP contribution is -2.57. The fourth-order valence-electron chi connectivity index (χ4n) is 3.24. The van der Waals surface area contributed by atoms with Gasteiger partial charge >= 0.3 is 0 Å². The molecule has 1 atom stereocenters. The third-order valence-corrected chi connectivity index (χ3v) is 6.39. The van der Waals surface area contributed by atoms with Gasteiger partial charge in [-0.3, -0.25) is 4.90 Å². The predicted octanol–water partition coefficient (Wildman–Crippen LogP) is 1.15. The van der Waals surface area contributed by atoms with Crippen LogP contribution < -0.4 is 0 Å². The van der Waals surface area contributed by atoms with E-state index in [-0.39, 0.29) is 10.9 Å². The highest BCUT2D eigenvalue weighted by Crippen LogP contribution is 2.24. The smallest absolute Gasteiger partial charge is 0.246 e. The number of piperazine rings is 1. The van der Waals surface area contributed by atoms with E-state index in [0.717, 1.165) is 39.1 Å². The summed E-state index contributed by atoms with van der Waals surface area (Å²) in [7, 11) is -3.43. The van der Waals surface area contributed by atoms with E-state index >= 15 is 0 Å². The molecule has 2 saturated heterocycles. The molecule has 3 rings (SSSR count). The molecule has 7 heteroatoms. The summed E-state index contributed by atoms with van der Waals surface area (Å²) < 4.78 is 37.0. The molecule has 0 aliphatic carbocycles. The van der Waals surface area contributed by atoms with Crippen molar-refractivity contribution < 1.29 is 17.6 Å². The predicted molar refractivity (Wildman–Crippen MR) is 77.5 cm³/mol. The molecular weight excluding hydrogens is 292 g/mol. The van der Waals surface area contributed by atoms with Crippen LogP contribution in [0.1, 0.15) is 19.8 Å². The van der Waals surface area contributed by atoms with E-state index in [1.807, 2.05) is 6.92 Å². The van der Waals surface area contributed by atoms with Gasteiger partial charge < -0.3 is 9.15 Å². The van der Waals surface area contributed by atoms with E-state index in [4.69, 9.17) is 9.15 Å². The summed E-state index contributed by atoms with van der Waals surface area (Å²) in [6.45, 7) is 5.70. The van der Waals surface area contributed by atoms with Crippen LogP contribution in [0.2, 0.25) is 0 Å². The Morgan fingerprint density at radius 2 is 2.00 bits per heavy atom. The molecule has 0 radical (unpaired) electrons. The summed E-state index contributed by atoms with van der Waals surface area (Å²) in [5, 5.41) is 0. The molecule has 0 N–H and O–H groups in total. The molecule has 118 valence electrons. The summed E-state index contributed by atoms with van der Waals surface area (Å²) in [4.78, 5) is 2.66. The summed E-state index contributed by atoms with van der Waals surface area (Å²) >= 11 is 0.